The quantitative estimate of drug-likeness (QED) is 0.395. The lowest BCUT2D eigenvalue weighted by Crippen LogP contribution is -2.13. The Bertz CT molecular complexity index is 1190. The van der Waals surface area contributed by atoms with Gasteiger partial charge in [0, 0.05) is 16.3 Å². The van der Waals surface area contributed by atoms with Crippen molar-refractivity contribution in [2.24, 2.45) is 0 Å². The van der Waals surface area contributed by atoms with Gasteiger partial charge in [0.15, 0.2) is 0 Å². The molecule has 0 fully saturated rings. The molecule has 6 heteroatoms. The van der Waals surface area contributed by atoms with Crippen LogP contribution in [0.1, 0.15) is 22.8 Å². The van der Waals surface area contributed by atoms with Crippen LogP contribution in [0.2, 0.25) is 5.02 Å². The second-order valence-electron chi connectivity index (χ2n) is 6.60. The number of aryl methyl sites for hydroxylation is 1. The normalized spacial score (nSPS) is 10.9. The average Bonchev–Trinajstić information content (AvgIpc) is 3.13. The summed E-state index contributed by atoms with van der Waals surface area (Å²) in [7, 11) is 0. The fraction of sp³-hybridized carbons (Fsp3) is 0.130. The number of amides is 1. The zero-order chi connectivity index (χ0) is 20.4. The van der Waals surface area contributed by atoms with Crippen LogP contribution in [-0.4, -0.2) is 17.5 Å². The lowest BCUT2D eigenvalue weighted by atomic mass is 10.1. The molecule has 0 saturated heterocycles. The van der Waals surface area contributed by atoms with Gasteiger partial charge in [0.2, 0.25) is 0 Å². The standard InChI is InChI=1S/C23H19ClN2O2S/c1-3-28-20-11-7-16(24)13-18(20)22(27)25-17-8-5-15(6-9-17)23-26-19-10-4-14(2)12-21(19)29-23/h4-13H,3H2,1-2H3,(H,25,27). The van der Waals surface area contributed by atoms with Crippen LogP contribution < -0.4 is 10.1 Å². The van der Waals surface area contributed by atoms with Gasteiger partial charge in [-0.25, -0.2) is 4.98 Å². The van der Waals surface area contributed by atoms with E-state index >= 15 is 0 Å². The number of nitrogens with one attached hydrogen (secondary N) is 1. The molecule has 0 saturated carbocycles. The molecule has 0 aliphatic rings. The fourth-order valence-corrected chi connectivity index (χ4v) is 4.25. The smallest absolute Gasteiger partial charge is 0.259 e. The molecule has 0 spiro atoms. The molecule has 29 heavy (non-hydrogen) atoms. The summed E-state index contributed by atoms with van der Waals surface area (Å²) in [5.74, 6) is 0.245. The zero-order valence-electron chi connectivity index (χ0n) is 16.0. The lowest BCUT2D eigenvalue weighted by molar-refractivity contribution is 0.102. The maximum absolute atomic E-state index is 12.7. The topological polar surface area (TPSA) is 51.2 Å². The highest BCUT2D eigenvalue weighted by molar-refractivity contribution is 7.21. The Morgan fingerprint density at radius 2 is 1.90 bits per heavy atom. The number of hydrogen-bond acceptors (Lipinski definition) is 4. The molecule has 1 amide bonds. The summed E-state index contributed by atoms with van der Waals surface area (Å²) in [4.78, 5) is 17.4. The summed E-state index contributed by atoms with van der Waals surface area (Å²) in [6.45, 7) is 4.42. The highest BCUT2D eigenvalue weighted by Gasteiger charge is 2.14. The molecule has 1 N–H and O–H groups in total. The van der Waals surface area contributed by atoms with Crippen molar-refractivity contribution < 1.29 is 9.53 Å². The van der Waals surface area contributed by atoms with Crippen LogP contribution in [0.15, 0.2) is 60.7 Å². The lowest BCUT2D eigenvalue weighted by Gasteiger charge is -2.11. The second-order valence-corrected chi connectivity index (χ2v) is 8.06. The van der Waals surface area contributed by atoms with Crippen molar-refractivity contribution in [3.8, 4) is 16.3 Å². The number of rotatable bonds is 5. The van der Waals surface area contributed by atoms with Gasteiger partial charge in [-0.2, -0.15) is 0 Å². The minimum absolute atomic E-state index is 0.265. The van der Waals surface area contributed by atoms with Gasteiger partial charge in [-0.05, 0) is 74.0 Å². The van der Waals surface area contributed by atoms with E-state index in [9.17, 15) is 4.79 Å². The van der Waals surface area contributed by atoms with Gasteiger partial charge in [0.25, 0.3) is 5.91 Å². The van der Waals surface area contributed by atoms with Gasteiger partial charge in [-0.15, -0.1) is 11.3 Å². The number of aromatic nitrogens is 1. The molecule has 4 nitrogen and oxygen atoms in total. The number of benzene rings is 3. The van der Waals surface area contributed by atoms with Crippen molar-refractivity contribution >= 4 is 44.7 Å². The third-order valence-corrected chi connectivity index (χ3v) is 5.72. The van der Waals surface area contributed by atoms with Crippen LogP contribution in [0.25, 0.3) is 20.8 Å². The van der Waals surface area contributed by atoms with E-state index in [0.29, 0.717) is 28.6 Å². The highest BCUT2D eigenvalue weighted by atomic mass is 35.5. The number of anilines is 1. The van der Waals surface area contributed by atoms with Crippen molar-refractivity contribution in [2.45, 2.75) is 13.8 Å². The maximum Gasteiger partial charge on any atom is 0.259 e. The maximum atomic E-state index is 12.7. The molecule has 1 heterocycles. The molecule has 3 aromatic carbocycles. The van der Waals surface area contributed by atoms with Gasteiger partial charge in [0.05, 0.1) is 22.4 Å². The second kappa shape index (κ2) is 8.23. The van der Waals surface area contributed by atoms with E-state index in [-0.39, 0.29) is 5.91 Å². The first-order valence-electron chi connectivity index (χ1n) is 9.25. The number of ether oxygens (including phenoxy) is 1. The van der Waals surface area contributed by atoms with Crippen LogP contribution in [0.4, 0.5) is 5.69 Å². The average molecular weight is 423 g/mol. The van der Waals surface area contributed by atoms with Crippen molar-refractivity contribution in [1.82, 2.24) is 4.98 Å². The number of carbonyl (C=O) groups is 1. The van der Waals surface area contributed by atoms with Crippen LogP contribution in [0.5, 0.6) is 5.75 Å². The van der Waals surface area contributed by atoms with E-state index in [1.54, 1.807) is 29.5 Å². The van der Waals surface area contributed by atoms with Crippen molar-refractivity contribution in [2.75, 3.05) is 11.9 Å². The molecule has 0 aliphatic carbocycles. The van der Waals surface area contributed by atoms with Crippen LogP contribution in [-0.2, 0) is 0 Å². The Labute approximate surface area is 178 Å². The Kier molecular flexibility index (Phi) is 5.51. The summed E-state index contributed by atoms with van der Waals surface area (Å²) in [6.07, 6.45) is 0. The molecule has 0 unspecified atom stereocenters. The van der Waals surface area contributed by atoms with Crippen LogP contribution >= 0.6 is 22.9 Å². The summed E-state index contributed by atoms with van der Waals surface area (Å²) in [5.41, 5.74) is 4.33. The third-order valence-electron chi connectivity index (χ3n) is 4.42. The molecule has 0 atom stereocenters. The number of fused-ring (bicyclic) bond motifs is 1. The van der Waals surface area contributed by atoms with E-state index < -0.39 is 0 Å². The Morgan fingerprint density at radius 3 is 2.66 bits per heavy atom. The minimum Gasteiger partial charge on any atom is -0.493 e. The van der Waals surface area contributed by atoms with Crippen LogP contribution in [0, 0.1) is 6.92 Å². The van der Waals surface area contributed by atoms with E-state index in [1.807, 2.05) is 37.3 Å². The fourth-order valence-electron chi connectivity index (χ4n) is 3.01. The monoisotopic (exact) mass is 422 g/mol. The van der Waals surface area contributed by atoms with Crippen molar-refractivity contribution in [1.29, 1.82) is 0 Å². The van der Waals surface area contributed by atoms with E-state index in [4.69, 9.17) is 21.3 Å². The third kappa shape index (κ3) is 4.26. The molecule has 0 aliphatic heterocycles. The highest BCUT2D eigenvalue weighted by Crippen LogP contribution is 2.31. The Hall–Kier alpha value is -2.89. The first-order chi connectivity index (χ1) is 14.0. The molecule has 4 aromatic rings. The molecule has 4 rings (SSSR count). The molecule has 0 bridgehead atoms. The molecule has 0 radical (unpaired) electrons. The van der Waals surface area contributed by atoms with Crippen LogP contribution in [0.3, 0.4) is 0 Å². The SMILES string of the molecule is CCOc1ccc(Cl)cc1C(=O)Nc1ccc(-c2nc3ccc(C)cc3s2)cc1. The minimum atomic E-state index is -0.265. The number of carbonyl (C=O) groups excluding carboxylic acids is 1. The Morgan fingerprint density at radius 1 is 1.10 bits per heavy atom. The number of thiazole rings is 1. The number of hydrogen-bond donors (Lipinski definition) is 1. The van der Waals surface area contributed by atoms with Crippen molar-refractivity contribution in [3.63, 3.8) is 0 Å². The summed E-state index contributed by atoms with van der Waals surface area (Å²) >= 11 is 7.72. The van der Waals surface area contributed by atoms with Gasteiger partial charge >= 0.3 is 0 Å². The number of halogens is 1. The molecular weight excluding hydrogens is 404 g/mol. The molecule has 146 valence electrons. The number of nitrogens with zero attached hydrogens (tertiary/aromatic N) is 1. The first-order valence-corrected chi connectivity index (χ1v) is 10.4. The molecule has 1 aromatic heterocycles. The van der Waals surface area contributed by atoms with Gasteiger partial charge < -0.3 is 10.1 Å². The largest absolute Gasteiger partial charge is 0.493 e. The van der Waals surface area contributed by atoms with E-state index in [0.717, 1.165) is 16.1 Å². The summed E-state index contributed by atoms with van der Waals surface area (Å²) in [6, 6.07) is 18.9. The summed E-state index contributed by atoms with van der Waals surface area (Å²) < 4.78 is 6.71. The van der Waals surface area contributed by atoms with Crippen molar-refractivity contribution in [3.05, 3.63) is 76.8 Å². The van der Waals surface area contributed by atoms with E-state index in [2.05, 4.69) is 24.4 Å². The predicted molar refractivity (Wildman–Crippen MR) is 120 cm³/mol. The first kappa shape index (κ1) is 19.4. The Balaban J connectivity index is 1.55. The van der Waals surface area contributed by atoms with Gasteiger partial charge in [0.1, 0.15) is 10.8 Å². The summed E-state index contributed by atoms with van der Waals surface area (Å²) in [5, 5.41) is 4.34. The predicted octanol–water partition coefficient (Wildman–Crippen LogP) is 6.58. The van der Waals surface area contributed by atoms with Gasteiger partial charge in [-0.1, -0.05) is 17.7 Å². The molecular formula is C23H19ClN2O2S. The van der Waals surface area contributed by atoms with E-state index in [1.165, 1.54) is 10.3 Å². The zero-order valence-corrected chi connectivity index (χ0v) is 17.6. The van der Waals surface area contributed by atoms with Gasteiger partial charge in [-0.3, -0.25) is 4.79 Å².